The topological polar surface area (TPSA) is 29.3 Å². The molecule has 0 aromatic rings. The summed E-state index contributed by atoms with van der Waals surface area (Å²) in [6.07, 6.45) is 2.47. The summed E-state index contributed by atoms with van der Waals surface area (Å²) in [5, 5.41) is 0. The lowest BCUT2D eigenvalue weighted by Crippen LogP contribution is -2.46. The number of nitrogens with zero attached hydrogens (tertiary/aromatic N) is 1. The number of nitrogens with two attached hydrogens (primary N) is 1. The molecule has 1 aliphatic heterocycles. The molecule has 2 nitrogen and oxygen atoms in total. The zero-order valence-electron chi connectivity index (χ0n) is 9.29. The molecule has 3 unspecified atom stereocenters. The van der Waals surface area contributed by atoms with Crippen LogP contribution >= 0.6 is 0 Å². The Hall–Kier alpha value is -0.0800. The van der Waals surface area contributed by atoms with Gasteiger partial charge in [-0.25, -0.2) is 0 Å². The Kier molecular flexibility index (Phi) is 4.20. The van der Waals surface area contributed by atoms with Crippen molar-refractivity contribution in [1.82, 2.24) is 4.90 Å². The summed E-state index contributed by atoms with van der Waals surface area (Å²) in [6, 6.07) is 0.438. The Balaban J connectivity index is 2.29. The molecule has 1 saturated heterocycles. The standard InChI is InChI=1S/C11H24N2/c1-4-9(2)7-13-6-5-11(12)10(3)8-13/h9-11H,4-8,12H2,1-3H3. The molecule has 0 saturated carbocycles. The highest BCUT2D eigenvalue weighted by Crippen LogP contribution is 2.16. The van der Waals surface area contributed by atoms with E-state index < -0.39 is 0 Å². The van der Waals surface area contributed by atoms with E-state index in [0.717, 1.165) is 5.92 Å². The molecule has 78 valence electrons. The summed E-state index contributed by atoms with van der Waals surface area (Å²) in [4.78, 5) is 2.57. The molecule has 2 N–H and O–H groups in total. The second-order valence-electron chi connectivity index (χ2n) is 4.70. The Morgan fingerprint density at radius 2 is 2.23 bits per heavy atom. The van der Waals surface area contributed by atoms with Gasteiger partial charge in [-0.15, -0.1) is 0 Å². The predicted octanol–water partition coefficient (Wildman–Crippen LogP) is 1.70. The molecule has 3 atom stereocenters. The fourth-order valence-corrected chi connectivity index (χ4v) is 1.99. The molecular formula is C11H24N2. The normalized spacial score (nSPS) is 33.2. The molecule has 1 heterocycles. The van der Waals surface area contributed by atoms with Gasteiger partial charge in [0.15, 0.2) is 0 Å². The number of piperidine rings is 1. The largest absolute Gasteiger partial charge is 0.327 e. The summed E-state index contributed by atoms with van der Waals surface area (Å²) in [5.74, 6) is 1.51. The molecule has 0 aliphatic carbocycles. The SMILES string of the molecule is CCC(C)CN1CCC(N)C(C)C1. The van der Waals surface area contributed by atoms with E-state index >= 15 is 0 Å². The van der Waals surface area contributed by atoms with Gasteiger partial charge in [0.25, 0.3) is 0 Å². The van der Waals surface area contributed by atoms with Crippen molar-refractivity contribution in [3.63, 3.8) is 0 Å². The average molecular weight is 184 g/mol. The first-order valence-corrected chi connectivity index (χ1v) is 5.61. The van der Waals surface area contributed by atoms with Crippen LogP contribution in [0.3, 0.4) is 0 Å². The maximum Gasteiger partial charge on any atom is 0.00889 e. The summed E-state index contributed by atoms with van der Waals surface area (Å²) in [6.45, 7) is 10.5. The van der Waals surface area contributed by atoms with E-state index in [0.29, 0.717) is 12.0 Å². The van der Waals surface area contributed by atoms with E-state index in [2.05, 4.69) is 25.7 Å². The van der Waals surface area contributed by atoms with Gasteiger partial charge in [-0.3, -0.25) is 0 Å². The van der Waals surface area contributed by atoms with Crippen LogP contribution in [-0.4, -0.2) is 30.6 Å². The van der Waals surface area contributed by atoms with Gasteiger partial charge in [-0.05, 0) is 24.8 Å². The molecule has 0 bridgehead atoms. The Morgan fingerprint density at radius 1 is 1.54 bits per heavy atom. The molecule has 1 rings (SSSR count). The van der Waals surface area contributed by atoms with Crippen molar-refractivity contribution in [2.75, 3.05) is 19.6 Å². The van der Waals surface area contributed by atoms with Crippen molar-refractivity contribution >= 4 is 0 Å². The molecule has 2 heteroatoms. The molecule has 13 heavy (non-hydrogen) atoms. The van der Waals surface area contributed by atoms with Gasteiger partial charge >= 0.3 is 0 Å². The first-order chi connectivity index (χ1) is 6.13. The van der Waals surface area contributed by atoms with Gasteiger partial charge in [-0.1, -0.05) is 27.2 Å². The highest BCUT2D eigenvalue weighted by atomic mass is 15.1. The Labute approximate surface area is 82.5 Å². The highest BCUT2D eigenvalue weighted by molar-refractivity contribution is 4.80. The van der Waals surface area contributed by atoms with Crippen molar-refractivity contribution in [1.29, 1.82) is 0 Å². The molecule has 1 aliphatic rings. The van der Waals surface area contributed by atoms with E-state index in [4.69, 9.17) is 5.73 Å². The monoisotopic (exact) mass is 184 g/mol. The minimum atomic E-state index is 0.438. The lowest BCUT2D eigenvalue weighted by molar-refractivity contribution is 0.145. The van der Waals surface area contributed by atoms with Gasteiger partial charge in [0, 0.05) is 19.1 Å². The van der Waals surface area contributed by atoms with Crippen LogP contribution in [0.4, 0.5) is 0 Å². The fraction of sp³-hybridized carbons (Fsp3) is 1.00. The van der Waals surface area contributed by atoms with Crippen molar-refractivity contribution in [2.24, 2.45) is 17.6 Å². The lowest BCUT2D eigenvalue weighted by atomic mass is 9.94. The van der Waals surface area contributed by atoms with Crippen LogP contribution in [0.1, 0.15) is 33.6 Å². The van der Waals surface area contributed by atoms with E-state index in [-0.39, 0.29) is 0 Å². The van der Waals surface area contributed by atoms with Crippen LogP contribution in [0.15, 0.2) is 0 Å². The maximum absolute atomic E-state index is 5.98. The van der Waals surface area contributed by atoms with E-state index in [1.165, 1.54) is 32.5 Å². The number of rotatable bonds is 3. The quantitative estimate of drug-likeness (QED) is 0.723. The van der Waals surface area contributed by atoms with E-state index in [9.17, 15) is 0 Å². The minimum absolute atomic E-state index is 0.438. The molecule has 0 aromatic carbocycles. The van der Waals surface area contributed by atoms with Gasteiger partial charge < -0.3 is 10.6 Å². The van der Waals surface area contributed by atoms with Crippen molar-refractivity contribution in [3.8, 4) is 0 Å². The molecule has 0 spiro atoms. The third-order valence-electron chi connectivity index (χ3n) is 3.32. The maximum atomic E-state index is 5.98. The van der Waals surface area contributed by atoms with E-state index in [1.54, 1.807) is 0 Å². The molecular weight excluding hydrogens is 160 g/mol. The molecule has 0 aromatic heterocycles. The zero-order chi connectivity index (χ0) is 9.84. The van der Waals surface area contributed by atoms with Crippen molar-refractivity contribution in [2.45, 2.75) is 39.7 Å². The first kappa shape index (κ1) is 11.0. The first-order valence-electron chi connectivity index (χ1n) is 5.61. The van der Waals surface area contributed by atoms with Crippen LogP contribution in [0, 0.1) is 11.8 Å². The minimum Gasteiger partial charge on any atom is -0.327 e. The third kappa shape index (κ3) is 3.28. The van der Waals surface area contributed by atoms with Crippen LogP contribution in [0.25, 0.3) is 0 Å². The van der Waals surface area contributed by atoms with Crippen LogP contribution in [0.2, 0.25) is 0 Å². The van der Waals surface area contributed by atoms with Gasteiger partial charge in [0.1, 0.15) is 0 Å². The van der Waals surface area contributed by atoms with Crippen molar-refractivity contribution < 1.29 is 0 Å². The second-order valence-corrected chi connectivity index (χ2v) is 4.70. The Bertz CT molecular complexity index is 145. The van der Waals surface area contributed by atoms with E-state index in [1.807, 2.05) is 0 Å². The smallest absolute Gasteiger partial charge is 0.00889 e. The number of hydrogen-bond acceptors (Lipinski definition) is 2. The molecule has 0 amide bonds. The van der Waals surface area contributed by atoms with Gasteiger partial charge in [0.05, 0.1) is 0 Å². The molecule has 1 fully saturated rings. The van der Waals surface area contributed by atoms with Gasteiger partial charge in [-0.2, -0.15) is 0 Å². The zero-order valence-corrected chi connectivity index (χ0v) is 9.29. The van der Waals surface area contributed by atoms with Crippen LogP contribution in [-0.2, 0) is 0 Å². The fourth-order valence-electron chi connectivity index (χ4n) is 1.99. The Morgan fingerprint density at radius 3 is 2.77 bits per heavy atom. The second kappa shape index (κ2) is 4.97. The third-order valence-corrected chi connectivity index (χ3v) is 3.32. The summed E-state index contributed by atoms with van der Waals surface area (Å²) < 4.78 is 0. The summed E-state index contributed by atoms with van der Waals surface area (Å²) >= 11 is 0. The van der Waals surface area contributed by atoms with Crippen molar-refractivity contribution in [3.05, 3.63) is 0 Å². The lowest BCUT2D eigenvalue weighted by Gasteiger charge is -2.36. The van der Waals surface area contributed by atoms with Crippen LogP contribution < -0.4 is 5.73 Å². The van der Waals surface area contributed by atoms with Gasteiger partial charge in [0.2, 0.25) is 0 Å². The number of hydrogen-bond donors (Lipinski definition) is 1. The summed E-state index contributed by atoms with van der Waals surface area (Å²) in [7, 11) is 0. The average Bonchev–Trinajstić information content (AvgIpc) is 2.11. The number of likely N-dealkylation sites (tertiary alicyclic amines) is 1. The molecule has 0 radical (unpaired) electrons. The van der Waals surface area contributed by atoms with Crippen LogP contribution in [0.5, 0.6) is 0 Å². The predicted molar refractivity (Wildman–Crippen MR) is 57.7 cm³/mol. The summed E-state index contributed by atoms with van der Waals surface area (Å²) in [5.41, 5.74) is 5.98. The highest BCUT2D eigenvalue weighted by Gasteiger charge is 2.23.